The minimum absolute atomic E-state index is 0. The molecule has 7 heteroatoms. The van der Waals surface area contributed by atoms with E-state index in [0.29, 0.717) is 18.9 Å². The van der Waals surface area contributed by atoms with Crippen molar-refractivity contribution >= 4 is 28.2 Å². The molecule has 1 aromatic rings. The monoisotopic (exact) mass is 374 g/mol. The zero-order valence-electron chi connectivity index (χ0n) is 14.1. The SMILES string of the molecule is CS(=O)(=O)Cc1ccc(CNC(=O)CCC2CCNCC2)cc1.Cl. The molecule has 1 aliphatic rings. The Hall–Kier alpha value is -1.11. The van der Waals surface area contributed by atoms with Crippen LogP contribution in [0.25, 0.3) is 0 Å². The molecule has 0 bridgehead atoms. The minimum Gasteiger partial charge on any atom is -0.352 e. The molecular weight excluding hydrogens is 348 g/mol. The first-order chi connectivity index (χ1) is 10.9. The summed E-state index contributed by atoms with van der Waals surface area (Å²) in [6, 6.07) is 7.34. The van der Waals surface area contributed by atoms with E-state index in [2.05, 4.69) is 10.6 Å². The minimum atomic E-state index is -3.01. The summed E-state index contributed by atoms with van der Waals surface area (Å²) in [6.45, 7) is 2.61. The van der Waals surface area contributed by atoms with Crippen molar-refractivity contribution in [2.45, 2.75) is 38.0 Å². The quantitative estimate of drug-likeness (QED) is 0.765. The average Bonchev–Trinajstić information content (AvgIpc) is 2.52. The van der Waals surface area contributed by atoms with E-state index in [1.807, 2.05) is 12.1 Å². The van der Waals surface area contributed by atoms with E-state index < -0.39 is 9.84 Å². The van der Waals surface area contributed by atoms with Crippen molar-refractivity contribution in [1.82, 2.24) is 10.6 Å². The van der Waals surface area contributed by atoms with Crippen LogP contribution in [0.1, 0.15) is 36.8 Å². The Bertz CT molecular complexity index is 611. The fourth-order valence-corrected chi connectivity index (χ4v) is 3.65. The van der Waals surface area contributed by atoms with Crippen molar-refractivity contribution in [2.24, 2.45) is 5.92 Å². The summed E-state index contributed by atoms with van der Waals surface area (Å²) < 4.78 is 22.5. The van der Waals surface area contributed by atoms with Crippen molar-refractivity contribution in [3.05, 3.63) is 35.4 Å². The topological polar surface area (TPSA) is 75.3 Å². The van der Waals surface area contributed by atoms with Gasteiger partial charge in [0.1, 0.15) is 0 Å². The Morgan fingerprint density at radius 2 is 1.75 bits per heavy atom. The zero-order valence-corrected chi connectivity index (χ0v) is 15.7. The van der Waals surface area contributed by atoms with Gasteiger partial charge in [0.2, 0.25) is 5.91 Å². The highest BCUT2D eigenvalue weighted by atomic mass is 35.5. The van der Waals surface area contributed by atoms with Gasteiger partial charge < -0.3 is 10.6 Å². The number of hydrogen-bond acceptors (Lipinski definition) is 4. The lowest BCUT2D eigenvalue weighted by atomic mass is 9.93. The van der Waals surface area contributed by atoms with E-state index in [9.17, 15) is 13.2 Å². The summed E-state index contributed by atoms with van der Waals surface area (Å²) in [5.74, 6) is 0.802. The highest BCUT2D eigenvalue weighted by Crippen LogP contribution is 2.17. The molecule has 24 heavy (non-hydrogen) atoms. The van der Waals surface area contributed by atoms with Crippen LogP contribution in [-0.2, 0) is 26.9 Å². The molecule has 1 aliphatic heterocycles. The van der Waals surface area contributed by atoms with E-state index in [1.54, 1.807) is 12.1 Å². The van der Waals surface area contributed by atoms with Crippen LogP contribution in [0, 0.1) is 5.92 Å². The molecule has 0 aromatic heterocycles. The molecule has 0 aliphatic carbocycles. The van der Waals surface area contributed by atoms with Crippen LogP contribution in [0.2, 0.25) is 0 Å². The third-order valence-corrected chi connectivity index (χ3v) is 5.04. The second-order valence-corrected chi connectivity index (χ2v) is 8.54. The Morgan fingerprint density at radius 1 is 1.17 bits per heavy atom. The van der Waals surface area contributed by atoms with Gasteiger partial charge >= 0.3 is 0 Å². The fourth-order valence-electron chi connectivity index (χ4n) is 2.85. The number of carbonyl (C=O) groups excluding carboxylic acids is 1. The first-order valence-electron chi connectivity index (χ1n) is 8.15. The van der Waals surface area contributed by atoms with Crippen LogP contribution < -0.4 is 10.6 Å². The highest BCUT2D eigenvalue weighted by Gasteiger charge is 2.14. The first-order valence-corrected chi connectivity index (χ1v) is 10.2. The molecule has 5 nitrogen and oxygen atoms in total. The summed E-state index contributed by atoms with van der Waals surface area (Å²) in [5, 5.41) is 6.26. The molecule has 2 rings (SSSR count). The molecule has 2 N–H and O–H groups in total. The Kier molecular flexibility index (Phi) is 8.73. The van der Waals surface area contributed by atoms with Gasteiger partial charge in [0.25, 0.3) is 0 Å². The van der Waals surface area contributed by atoms with Crippen LogP contribution in [0.15, 0.2) is 24.3 Å². The van der Waals surface area contributed by atoms with Crippen LogP contribution in [0.4, 0.5) is 0 Å². The maximum absolute atomic E-state index is 11.9. The lowest BCUT2D eigenvalue weighted by Crippen LogP contribution is -2.29. The second kappa shape index (κ2) is 10.0. The smallest absolute Gasteiger partial charge is 0.220 e. The molecule has 1 saturated heterocycles. The van der Waals surface area contributed by atoms with Gasteiger partial charge in [-0.15, -0.1) is 12.4 Å². The van der Waals surface area contributed by atoms with Crippen LogP contribution >= 0.6 is 12.4 Å². The van der Waals surface area contributed by atoms with E-state index >= 15 is 0 Å². The number of amides is 1. The average molecular weight is 375 g/mol. The maximum atomic E-state index is 11.9. The highest BCUT2D eigenvalue weighted by molar-refractivity contribution is 7.89. The molecule has 1 aromatic carbocycles. The predicted octanol–water partition coefficient (Wildman–Crippen LogP) is 2.05. The summed E-state index contributed by atoms with van der Waals surface area (Å²) in [7, 11) is -3.01. The number of halogens is 1. The molecule has 0 radical (unpaired) electrons. The maximum Gasteiger partial charge on any atom is 0.220 e. The lowest BCUT2D eigenvalue weighted by molar-refractivity contribution is -0.121. The molecular formula is C17H27ClN2O3S. The summed E-state index contributed by atoms with van der Waals surface area (Å²) >= 11 is 0. The molecule has 0 atom stereocenters. The fraction of sp³-hybridized carbons (Fsp3) is 0.588. The van der Waals surface area contributed by atoms with Crippen LogP contribution in [0.3, 0.4) is 0 Å². The van der Waals surface area contributed by atoms with Gasteiger partial charge in [-0.25, -0.2) is 8.42 Å². The number of hydrogen-bond donors (Lipinski definition) is 2. The third-order valence-electron chi connectivity index (χ3n) is 4.18. The number of sulfone groups is 1. The standard InChI is InChI=1S/C17H26N2O3S.ClH/c1-23(21,22)13-16-4-2-15(3-5-16)12-19-17(20)7-6-14-8-10-18-11-9-14;/h2-5,14,18H,6-13H2,1H3,(H,19,20);1H. The summed E-state index contributed by atoms with van der Waals surface area (Å²) in [6.07, 6.45) is 5.09. The number of carbonyl (C=O) groups is 1. The predicted molar refractivity (Wildman–Crippen MR) is 98.9 cm³/mol. The molecule has 1 amide bonds. The van der Waals surface area contributed by atoms with Gasteiger partial charge in [0, 0.05) is 19.2 Å². The number of benzene rings is 1. The van der Waals surface area contributed by atoms with Crippen LogP contribution in [0.5, 0.6) is 0 Å². The van der Waals surface area contributed by atoms with Gasteiger partial charge in [-0.1, -0.05) is 24.3 Å². The van der Waals surface area contributed by atoms with E-state index in [1.165, 1.54) is 6.26 Å². The molecule has 0 saturated carbocycles. The van der Waals surface area contributed by atoms with Gasteiger partial charge in [-0.2, -0.15) is 0 Å². The van der Waals surface area contributed by atoms with Crippen molar-refractivity contribution < 1.29 is 13.2 Å². The first kappa shape index (κ1) is 20.9. The second-order valence-electron chi connectivity index (χ2n) is 6.40. The lowest BCUT2D eigenvalue weighted by Gasteiger charge is -2.22. The molecule has 136 valence electrons. The summed E-state index contributed by atoms with van der Waals surface area (Å²) in [5.41, 5.74) is 1.76. The van der Waals surface area contributed by atoms with Crippen molar-refractivity contribution in [3.63, 3.8) is 0 Å². The molecule has 1 heterocycles. The van der Waals surface area contributed by atoms with E-state index in [0.717, 1.165) is 43.5 Å². The zero-order chi connectivity index (χ0) is 16.7. The molecule has 0 unspecified atom stereocenters. The van der Waals surface area contributed by atoms with Gasteiger partial charge in [0.05, 0.1) is 5.75 Å². The van der Waals surface area contributed by atoms with Crippen molar-refractivity contribution in [2.75, 3.05) is 19.3 Å². The number of rotatable bonds is 7. The normalized spacial score (nSPS) is 15.5. The third kappa shape index (κ3) is 8.13. The van der Waals surface area contributed by atoms with Crippen molar-refractivity contribution in [3.8, 4) is 0 Å². The van der Waals surface area contributed by atoms with Gasteiger partial charge in [0.15, 0.2) is 9.84 Å². The Balaban J connectivity index is 0.00000288. The van der Waals surface area contributed by atoms with E-state index in [4.69, 9.17) is 0 Å². The number of nitrogens with one attached hydrogen (secondary N) is 2. The van der Waals surface area contributed by atoms with Gasteiger partial charge in [-0.05, 0) is 49.4 Å². The largest absolute Gasteiger partial charge is 0.352 e. The van der Waals surface area contributed by atoms with Crippen LogP contribution in [-0.4, -0.2) is 33.7 Å². The number of piperidine rings is 1. The van der Waals surface area contributed by atoms with Crippen molar-refractivity contribution in [1.29, 1.82) is 0 Å². The van der Waals surface area contributed by atoms with E-state index in [-0.39, 0.29) is 24.1 Å². The Labute approximate surface area is 150 Å². The van der Waals surface area contributed by atoms with Gasteiger partial charge in [-0.3, -0.25) is 4.79 Å². The Morgan fingerprint density at radius 3 is 2.33 bits per heavy atom. The summed E-state index contributed by atoms with van der Waals surface area (Å²) in [4.78, 5) is 11.9. The molecule has 1 fully saturated rings. The molecule has 0 spiro atoms.